The van der Waals surface area contributed by atoms with Crippen molar-refractivity contribution in [1.29, 1.82) is 0 Å². The maximum atomic E-state index is 11.6. The quantitative estimate of drug-likeness (QED) is 0.261. The first-order valence-electron chi connectivity index (χ1n) is 3.09. The third-order valence-corrected chi connectivity index (χ3v) is 1.13. The van der Waals surface area contributed by atoms with Gasteiger partial charge < -0.3 is 5.11 Å². The van der Waals surface area contributed by atoms with Gasteiger partial charge in [0.15, 0.2) is 0 Å². The van der Waals surface area contributed by atoms with Crippen LogP contribution < -0.4 is 0 Å². The first-order valence-corrected chi connectivity index (χ1v) is 3.09. The summed E-state index contributed by atoms with van der Waals surface area (Å²) in [5, 5.41) is 7.99. The molecule has 0 fully saturated rings. The first-order chi connectivity index (χ1) is 6.51. The molecule has 0 aromatic rings. The molecule has 0 saturated heterocycles. The van der Waals surface area contributed by atoms with E-state index in [1.54, 1.807) is 0 Å². The number of rotatable bonds is 2. The molecule has 0 atom stereocenters. The number of hydrogen-bond donors (Lipinski definition) is 1. The van der Waals surface area contributed by atoms with Gasteiger partial charge in [0.25, 0.3) is 11.6 Å². The van der Waals surface area contributed by atoms with Crippen LogP contribution in [0.4, 0.5) is 26.3 Å². The van der Waals surface area contributed by atoms with E-state index in [0.717, 1.165) is 0 Å². The maximum absolute atomic E-state index is 11.6. The fourth-order valence-electron chi connectivity index (χ4n) is 0.526. The van der Waals surface area contributed by atoms with Gasteiger partial charge in [0.2, 0.25) is 0 Å². The van der Waals surface area contributed by atoms with E-state index in [9.17, 15) is 35.9 Å². The average molecular weight is 236 g/mol. The molecule has 0 heterocycles. The summed E-state index contributed by atoms with van der Waals surface area (Å²) >= 11 is 0. The fraction of sp³-hybridized carbons (Fsp3) is 0.333. The summed E-state index contributed by atoms with van der Waals surface area (Å²) in [6, 6.07) is 0. The minimum Gasteiger partial charge on any atom is -0.515 e. The van der Waals surface area contributed by atoms with Crippen molar-refractivity contribution in [3.63, 3.8) is 0 Å². The van der Waals surface area contributed by atoms with Crippen molar-refractivity contribution in [2.75, 3.05) is 0 Å². The molecule has 0 rings (SSSR count). The molecule has 0 radical (unpaired) electrons. The van der Waals surface area contributed by atoms with Crippen LogP contribution >= 0.6 is 0 Å². The Labute approximate surface area is 78.0 Å². The summed E-state index contributed by atoms with van der Waals surface area (Å²) in [6.45, 7) is 0. The van der Waals surface area contributed by atoms with E-state index < -0.39 is 35.8 Å². The summed E-state index contributed by atoms with van der Waals surface area (Å²) in [7, 11) is 0. The topological polar surface area (TPSA) is 54.4 Å². The summed E-state index contributed by atoms with van der Waals surface area (Å²) in [5.74, 6) is -6.10. The molecule has 0 unspecified atom stereocenters. The van der Waals surface area contributed by atoms with Crippen LogP contribution in [-0.2, 0) is 9.59 Å². The van der Waals surface area contributed by atoms with Crippen LogP contribution in [0.25, 0.3) is 0 Å². The van der Waals surface area contributed by atoms with Crippen LogP contribution in [0, 0.1) is 0 Å². The maximum Gasteiger partial charge on any atom is 0.455 e. The van der Waals surface area contributed by atoms with Gasteiger partial charge >= 0.3 is 12.4 Å². The molecule has 0 aromatic carbocycles. The Morgan fingerprint density at radius 1 is 0.867 bits per heavy atom. The van der Waals surface area contributed by atoms with Crippen molar-refractivity contribution < 1.29 is 41.0 Å². The zero-order chi connectivity index (χ0) is 12.4. The molecule has 0 aromatic heterocycles. The lowest BCUT2D eigenvalue weighted by Crippen LogP contribution is -2.34. The average Bonchev–Trinajstić information content (AvgIpc) is 2.01. The van der Waals surface area contributed by atoms with Gasteiger partial charge in [-0.25, -0.2) is 0 Å². The Hall–Kier alpha value is -1.54. The molecule has 0 saturated carbocycles. The van der Waals surface area contributed by atoms with Gasteiger partial charge in [-0.3, -0.25) is 9.59 Å². The lowest BCUT2D eigenvalue weighted by Gasteiger charge is -2.09. The van der Waals surface area contributed by atoms with Crippen LogP contribution in [-0.4, -0.2) is 29.0 Å². The normalized spacial score (nSPS) is 12.1. The molecule has 15 heavy (non-hydrogen) atoms. The zero-order valence-corrected chi connectivity index (χ0v) is 6.61. The summed E-state index contributed by atoms with van der Waals surface area (Å²) in [5.41, 5.74) is -2.37. The van der Waals surface area contributed by atoms with E-state index in [4.69, 9.17) is 5.11 Å². The molecule has 3 nitrogen and oxygen atoms in total. The van der Waals surface area contributed by atoms with Gasteiger partial charge in [0.1, 0.15) is 5.57 Å². The minimum absolute atomic E-state index is 0.814. The predicted octanol–water partition coefficient (Wildman–Crippen LogP) is 1.69. The number of alkyl halides is 6. The van der Waals surface area contributed by atoms with Crippen LogP contribution in [0.15, 0.2) is 11.8 Å². The summed E-state index contributed by atoms with van der Waals surface area (Å²) in [6.07, 6.45) is -12.1. The molecule has 0 bridgehead atoms. The zero-order valence-electron chi connectivity index (χ0n) is 6.61. The Kier molecular flexibility index (Phi) is 3.51. The van der Waals surface area contributed by atoms with Gasteiger partial charge in [-0.2, -0.15) is 26.3 Å². The van der Waals surface area contributed by atoms with Crippen LogP contribution in [0.1, 0.15) is 0 Å². The third kappa shape index (κ3) is 3.26. The number of carbonyl (C=O) groups excluding carboxylic acids is 2. The van der Waals surface area contributed by atoms with E-state index in [-0.39, 0.29) is 0 Å². The Balaban J connectivity index is 5.16. The molecule has 0 aliphatic carbocycles. The summed E-state index contributed by atoms with van der Waals surface area (Å²) < 4.78 is 69.7. The van der Waals surface area contributed by atoms with Crippen LogP contribution in [0.5, 0.6) is 0 Å². The second-order valence-corrected chi connectivity index (χ2v) is 2.20. The number of aliphatic hydroxyl groups excluding tert-OH is 1. The standard InChI is InChI=1S/C6H2F6O3/c7-5(8,9)3(14)2(1-13)4(15)6(10,11)12/h1,13H. The monoisotopic (exact) mass is 236 g/mol. The molecular formula is C6H2F6O3. The van der Waals surface area contributed by atoms with Crippen LogP contribution in [0.3, 0.4) is 0 Å². The van der Waals surface area contributed by atoms with Gasteiger partial charge in [-0.15, -0.1) is 0 Å². The van der Waals surface area contributed by atoms with E-state index >= 15 is 0 Å². The smallest absolute Gasteiger partial charge is 0.455 e. The molecule has 0 spiro atoms. The van der Waals surface area contributed by atoms with Gasteiger partial charge in [-0.1, -0.05) is 0 Å². The van der Waals surface area contributed by atoms with E-state index in [2.05, 4.69) is 0 Å². The van der Waals surface area contributed by atoms with Gasteiger partial charge in [-0.05, 0) is 0 Å². The Morgan fingerprint density at radius 3 is 1.27 bits per heavy atom. The highest BCUT2D eigenvalue weighted by Gasteiger charge is 2.50. The third-order valence-electron chi connectivity index (χ3n) is 1.13. The van der Waals surface area contributed by atoms with Crippen molar-refractivity contribution in [2.24, 2.45) is 0 Å². The van der Waals surface area contributed by atoms with Gasteiger partial charge in [0.05, 0.1) is 6.26 Å². The molecule has 0 amide bonds. The fourth-order valence-corrected chi connectivity index (χ4v) is 0.526. The number of hydrogen-bond acceptors (Lipinski definition) is 3. The number of ketones is 2. The minimum atomic E-state index is -5.66. The van der Waals surface area contributed by atoms with Crippen molar-refractivity contribution >= 4 is 11.6 Å². The lowest BCUT2D eigenvalue weighted by molar-refractivity contribution is -0.175. The Morgan fingerprint density at radius 2 is 1.13 bits per heavy atom. The van der Waals surface area contributed by atoms with Gasteiger partial charge in [0, 0.05) is 0 Å². The number of allylic oxidation sites excluding steroid dienone is 1. The van der Waals surface area contributed by atoms with E-state index in [1.165, 1.54) is 0 Å². The van der Waals surface area contributed by atoms with Crippen molar-refractivity contribution in [3.05, 3.63) is 11.8 Å². The van der Waals surface area contributed by atoms with Crippen molar-refractivity contribution in [3.8, 4) is 0 Å². The second-order valence-electron chi connectivity index (χ2n) is 2.20. The largest absolute Gasteiger partial charge is 0.515 e. The van der Waals surface area contributed by atoms with E-state index in [0.29, 0.717) is 0 Å². The van der Waals surface area contributed by atoms with Crippen molar-refractivity contribution in [2.45, 2.75) is 12.4 Å². The Bertz CT molecular complexity index is 282. The highest BCUT2D eigenvalue weighted by Crippen LogP contribution is 2.26. The number of halogens is 6. The molecule has 9 heteroatoms. The molecule has 0 aliphatic rings. The lowest BCUT2D eigenvalue weighted by atomic mass is 10.1. The predicted molar refractivity (Wildman–Crippen MR) is 32.8 cm³/mol. The molecule has 86 valence electrons. The molecule has 0 aliphatic heterocycles. The van der Waals surface area contributed by atoms with Crippen LogP contribution in [0.2, 0.25) is 0 Å². The molecule has 1 N–H and O–H groups in total. The van der Waals surface area contributed by atoms with E-state index in [1.807, 2.05) is 0 Å². The second kappa shape index (κ2) is 3.91. The number of Topliss-reactive ketones (excluding diaryl/α,β-unsaturated/α-hetero) is 2. The molecular weight excluding hydrogens is 234 g/mol. The summed E-state index contributed by atoms with van der Waals surface area (Å²) in [4.78, 5) is 20.4. The highest BCUT2D eigenvalue weighted by molar-refractivity contribution is 6.23. The SMILES string of the molecule is O=C(C(=CO)C(=O)C(F)(F)F)C(F)(F)F. The van der Waals surface area contributed by atoms with Crippen molar-refractivity contribution in [1.82, 2.24) is 0 Å². The number of aliphatic hydroxyl groups is 1. The number of carbonyl (C=O) groups is 2. The highest BCUT2D eigenvalue weighted by atomic mass is 19.4. The first kappa shape index (κ1) is 13.5.